The van der Waals surface area contributed by atoms with E-state index in [1.165, 1.54) is 6.92 Å². The summed E-state index contributed by atoms with van der Waals surface area (Å²) in [6.07, 6.45) is 0. The van der Waals surface area contributed by atoms with Gasteiger partial charge in [0.15, 0.2) is 15.9 Å². The van der Waals surface area contributed by atoms with E-state index in [9.17, 15) is 18.0 Å². The van der Waals surface area contributed by atoms with Crippen molar-refractivity contribution in [1.82, 2.24) is 10.6 Å². The minimum atomic E-state index is -3.17. The van der Waals surface area contributed by atoms with Gasteiger partial charge in [0, 0.05) is 12.3 Å². The molecule has 0 bridgehead atoms. The molecule has 0 aromatic heterocycles. The third-order valence-corrected chi connectivity index (χ3v) is 3.63. The second kappa shape index (κ2) is 7.07. The van der Waals surface area contributed by atoms with E-state index in [1.54, 1.807) is 0 Å². The minimum Gasteiger partial charge on any atom is -0.480 e. The summed E-state index contributed by atoms with van der Waals surface area (Å²) in [5.74, 6) is -1.61. The van der Waals surface area contributed by atoms with Crippen LogP contribution < -0.4 is 10.6 Å². The zero-order valence-corrected chi connectivity index (χ0v) is 10.2. The molecule has 0 rings (SSSR count). The SMILES string of the molecule is CCS(=O)(=O)CCNC(=O)NC(CO)C(=O)O. The number of carboxylic acids is 1. The standard InChI is InChI=1S/C8H16N2O6S/c1-2-17(15,16)4-3-9-8(14)10-6(5-11)7(12)13/h6,11H,2-5H2,1H3,(H,12,13)(H2,9,10,14). The lowest BCUT2D eigenvalue weighted by atomic mass is 10.3. The molecule has 0 spiro atoms. The normalized spacial score (nSPS) is 12.8. The molecule has 1 unspecified atom stereocenters. The number of urea groups is 1. The molecule has 1 atom stereocenters. The Morgan fingerprint density at radius 2 is 1.94 bits per heavy atom. The van der Waals surface area contributed by atoms with E-state index < -0.39 is 34.5 Å². The number of sulfone groups is 1. The average Bonchev–Trinajstić information content (AvgIpc) is 2.25. The van der Waals surface area contributed by atoms with Gasteiger partial charge < -0.3 is 20.8 Å². The Hall–Kier alpha value is -1.35. The molecule has 0 fully saturated rings. The van der Waals surface area contributed by atoms with Crippen LogP contribution in [0.1, 0.15) is 6.92 Å². The molecule has 0 aliphatic heterocycles. The Morgan fingerprint density at radius 3 is 2.35 bits per heavy atom. The van der Waals surface area contributed by atoms with Crippen molar-refractivity contribution in [3.05, 3.63) is 0 Å². The highest BCUT2D eigenvalue weighted by atomic mass is 32.2. The quantitative estimate of drug-likeness (QED) is 0.429. The van der Waals surface area contributed by atoms with Gasteiger partial charge in [0.1, 0.15) is 0 Å². The van der Waals surface area contributed by atoms with Crippen LogP contribution in [-0.4, -0.2) is 61.3 Å². The van der Waals surface area contributed by atoms with E-state index in [0.717, 1.165) is 0 Å². The highest BCUT2D eigenvalue weighted by Crippen LogP contribution is 1.87. The van der Waals surface area contributed by atoms with Crippen LogP contribution in [0, 0.1) is 0 Å². The molecule has 0 aromatic carbocycles. The van der Waals surface area contributed by atoms with Crippen LogP contribution in [0.3, 0.4) is 0 Å². The van der Waals surface area contributed by atoms with Crippen molar-refractivity contribution in [3.8, 4) is 0 Å². The maximum Gasteiger partial charge on any atom is 0.328 e. The second-order valence-electron chi connectivity index (χ2n) is 3.21. The molecule has 4 N–H and O–H groups in total. The first kappa shape index (κ1) is 15.7. The number of aliphatic hydroxyl groups excluding tert-OH is 1. The summed E-state index contributed by atoms with van der Waals surface area (Å²) in [6.45, 7) is 0.636. The van der Waals surface area contributed by atoms with E-state index >= 15 is 0 Å². The smallest absolute Gasteiger partial charge is 0.328 e. The molecule has 0 saturated heterocycles. The van der Waals surface area contributed by atoms with Gasteiger partial charge >= 0.3 is 12.0 Å². The van der Waals surface area contributed by atoms with E-state index in [4.69, 9.17) is 10.2 Å². The van der Waals surface area contributed by atoms with Gasteiger partial charge in [0.05, 0.1) is 12.4 Å². The summed E-state index contributed by atoms with van der Waals surface area (Å²) in [6, 6.07) is -2.24. The van der Waals surface area contributed by atoms with Gasteiger partial charge in [-0.1, -0.05) is 6.92 Å². The zero-order valence-electron chi connectivity index (χ0n) is 9.34. The van der Waals surface area contributed by atoms with Crippen LogP contribution in [-0.2, 0) is 14.6 Å². The number of carbonyl (C=O) groups is 2. The summed E-state index contributed by atoms with van der Waals surface area (Å²) in [5, 5.41) is 21.3. The lowest BCUT2D eigenvalue weighted by molar-refractivity contribution is -0.140. The highest BCUT2D eigenvalue weighted by molar-refractivity contribution is 7.91. The molecule has 8 nitrogen and oxygen atoms in total. The fourth-order valence-electron chi connectivity index (χ4n) is 0.859. The minimum absolute atomic E-state index is 0.0231. The van der Waals surface area contributed by atoms with E-state index in [1.807, 2.05) is 5.32 Å². The highest BCUT2D eigenvalue weighted by Gasteiger charge is 2.18. The Balaban J connectivity index is 4.00. The van der Waals surface area contributed by atoms with Crippen LogP contribution in [0.5, 0.6) is 0 Å². The molecule has 17 heavy (non-hydrogen) atoms. The van der Waals surface area contributed by atoms with E-state index in [2.05, 4.69) is 5.32 Å². The molecule has 0 saturated carbocycles. The zero-order chi connectivity index (χ0) is 13.5. The fourth-order valence-corrected chi connectivity index (χ4v) is 1.56. The molecular weight excluding hydrogens is 252 g/mol. The predicted octanol–water partition coefficient (Wildman–Crippen LogP) is -1.83. The molecular formula is C8H16N2O6S. The number of aliphatic carboxylic acids is 1. The molecule has 0 aromatic rings. The predicted molar refractivity (Wildman–Crippen MR) is 59.4 cm³/mol. The van der Waals surface area contributed by atoms with Crippen molar-refractivity contribution in [2.24, 2.45) is 0 Å². The van der Waals surface area contributed by atoms with E-state index in [0.29, 0.717) is 0 Å². The first-order chi connectivity index (χ1) is 7.82. The van der Waals surface area contributed by atoms with Crippen LogP contribution in [0.25, 0.3) is 0 Å². The van der Waals surface area contributed by atoms with Crippen molar-refractivity contribution >= 4 is 21.8 Å². The van der Waals surface area contributed by atoms with Crippen molar-refractivity contribution in [3.63, 3.8) is 0 Å². The van der Waals surface area contributed by atoms with Gasteiger partial charge in [0.25, 0.3) is 0 Å². The van der Waals surface area contributed by atoms with Crippen LogP contribution in [0.4, 0.5) is 4.79 Å². The second-order valence-corrected chi connectivity index (χ2v) is 5.68. The molecule has 0 radical (unpaired) electrons. The van der Waals surface area contributed by atoms with Crippen molar-refractivity contribution < 1.29 is 28.2 Å². The van der Waals surface area contributed by atoms with Crippen LogP contribution in [0.2, 0.25) is 0 Å². The summed E-state index contributed by atoms with van der Waals surface area (Å²) >= 11 is 0. The Morgan fingerprint density at radius 1 is 1.35 bits per heavy atom. The van der Waals surface area contributed by atoms with Crippen molar-refractivity contribution in [2.75, 3.05) is 24.7 Å². The van der Waals surface area contributed by atoms with E-state index in [-0.39, 0.29) is 18.1 Å². The third kappa shape index (κ3) is 6.74. The van der Waals surface area contributed by atoms with Gasteiger partial charge in [-0.2, -0.15) is 0 Å². The van der Waals surface area contributed by atoms with Gasteiger partial charge in [-0.25, -0.2) is 18.0 Å². The molecule has 9 heteroatoms. The summed E-state index contributed by atoms with van der Waals surface area (Å²) in [4.78, 5) is 21.5. The largest absolute Gasteiger partial charge is 0.480 e. The Bertz CT molecular complexity index is 366. The lowest BCUT2D eigenvalue weighted by Crippen LogP contribution is -2.48. The molecule has 100 valence electrons. The van der Waals surface area contributed by atoms with Crippen LogP contribution in [0.15, 0.2) is 0 Å². The van der Waals surface area contributed by atoms with Gasteiger partial charge in [0.2, 0.25) is 0 Å². The summed E-state index contributed by atoms with van der Waals surface area (Å²) in [7, 11) is -3.17. The Labute approximate surface area is 98.9 Å². The molecule has 0 heterocycles. The first-order valence-corrected chi connectivity index (χ1v) is 6.73. The summed E-state index contributed by atoms with van der Waals surface area (Å²) in [5.41, 5.74) is 0. The number of nitrogens with one attached hydrogen (secondary N) is 2. The van der Waals surface area contributed by atoms with Gasteiger partial charge in [-0.05, 0) is 0 Å². The number of rotatable bonds is 7. The van der Waals surface area contributed by atoms with Gasteiger partial charge in [-0.15, -0.1) is 0 Å². The number of hydrogen-bond acceptors (Lipinski definition) is 5. The Kier molecular flexibility index (Phi) is 6.51. The first-order valence-electron chi connectivity index (χ1n) is 4.91. The number of amides is 2. The fraction of sp³-hybridized carbons (Fsp3) is 0.750. The van der Waals surface area contributed by atoms with Crippen LogP contribution >= 0.6 is 0 Å². The van der Waals surface area contributed by atoms with Gasteiger partial charge in [-0.3, -0.25) is 0 Å². The molecule has 2 amide bonds. The maximum absolute atomic E-state index is 11.1. The number of carboxylic acid groups (broad SMARTS) is 1. The lowest BCUT2D eigenvalue weighted by Gasteiger charge is -2.12. The summed E-state index contributed by atoms with van der Waals surface area (Å²) < 4.78 is 22.1. The topological polar surface area (TPSA) is 133 Å². The van der Waals surface area contributed by atoms with Crippen molar-refractivity contribution in [2.45, 2.75) is 13.0 Å². The average molecular weight is 268 g/mol. The molecule has 0 aliphatic rings. The van der Waals surface area contributed by atoms with Crippen molar-refractivity contribution in [1.29, 1.82) is 0 Å². The third-order valence-electron chi connectivity index (χ3n) is 1.92. The number of hydrogen-bond donors (Lipinski definition) is 4. The number of aliphatic hydroxyl groups is 1. The monoisotopic (exact) mass is 268 g/mol. The number of carbonyl (C=O) groups excluding carboxylic acids is 1. The maximum atomic E-state index is 11.1. The molecule has 0 aliphatic carbocycles.